The molecule has 5 nitrogen and oxygen atoms in total. The predicted molar refractivity (Wildman–Crippen MR) is 69.4 cm³/mol. The molecule has 1 aliphatic carbocycles. The van der Waals surface area contributed by atoms with Crippen molar-refractivity contribution in [1.29, 1.82) is 0 Å². The average Bonchev–Trinajstić information content (AvgIpc) is 2.20. The van der Waals surface area contributed by atoms with Crippen LogP contribution in [-0.2, 0) is 4.79 Å². The van der Waals surface area contributed by atoms with Crippen molar-refractivity contribution in [2.24, 2.45) is 5.92 Å². The molecule has 0 aromatic carbocycles. The van der Waals surface area contributed by atoms with Crippen LogP contribution in [0.1, 0.15) is 52.4 Å². The number of carbonyl (C=O) groups excluding carboxylic acids is 1. The average molecular weight is 256 g/mol. The van der Waals surface area contributed by atoms with Crippen LogP contribution in [0, 0.1) is 5.92 Å². The second-order valence-electron chi connectivity index (χ2n) is 5.13. The number of urea groups is 1. The van der Waals surface area contributed by atoms with Gasteiger partial charge in [0.15, 0.2) is 0 Å². The van der Waals surface area contributed by atoms with E-state index < -0.39 is 12.0 Å². The first-order valence-corrected chi connectivity index (χ1v) is 6.84. The minimum atomic E-state index is -0.963. The second-order valence-corrected chi connectivity index (χ2v) is 5.13. The summed E-state index contributed by atoms with van der Waals surface area (Å²) in [6, 6.07) is -1.02. The fourth-order valence-corrected chi connectivity index (χ4v) is 2.13. The standard InChI is InChI=1S/C13H24N2O3/c1-3-4-8-11(12(16)17)15-13(18)14-9(2)10-6-5-7-10/h9-11H,3-8H2,1-2H3,(H,16,17)(H2,14,15,18)/t9?,11-/m0/s1. The van der Waals surface area contributed by atoms with Crippen molar-refractivity contribution in [2.45, 2.75) is 64.5 Å². The Morgan fingerprint density at radius 3 is 2.44 bits per heavy atom. The number of carboxylic acid groups (broad SMARTS) is 1. The minimum Gasteiger partial charge on any atom is -0.480 e. The first-order chi connectivity index (χ1) is 8.54. The summed E-state index contributed by atoms with van der Waals surface area (Å²) in [5, 5.41) is 14.4. The molecule has 5 heteroatoms. The van der Waals surface area contributed by atoms with Gasteiger partial charge < -0.3 is 15.7 Å². The van der Waals surface area contributed by atoms with Gasteiger partial charge in [0.1, 0.15) is 6.04 Å². The zero-order valence-electron chi connectivity index (χ0n) is 11.2. The Balaban J connectivity index is 2.32. The molecule has 2 amide bonds. The summed E-state index contributed by atoms with van der Waals surface area (Å²) in [7, 11) is 0. The van der Waals surface area contributed by atoms with Crippen LogP contribution in [0.2, 0.25) is 0 Å². The predicted octanol–water partition coefficient (Wildman–Crippen LogP) is 2.12. The number of hydrogen-bond acceptors (Lipinski definition) is 2. The fourth-order valence-electron chi connectivity index (χ4n) is 2.13. The van der Waals surface area contributed by atoms with Crippen LogP contribution >= 0.6 is 0 Å². The molecule has 0 aromatic rings. The Hall–Kier alpha value is -1.26. The molecule has 3 N–H and O–H groups in total. The van der Waals surface area contributed by atoms with Crippen LogP contribution < -0.4 is 10.6 Å². The number of rotatable bonds is 7. The van der Waals surface area contributed by atoms with Crippen LogP contribution in [0.3, 0.4) is 0 Å². The van der Waals surface area contributed by atoms with Gasteiger partial charge >= 0.3 is 12.0 Å². The van der Waals surface area contributed by atoms with E-state index in [1.165, 1.54) is 6.42 Å². The molecule has 0 bridgehead atoms. The van der Waals surface area contributed by atoms with E-state index in [1.807, 2.05) is 13.8 Å². The lowest BCUT2D eigenvalue weighted by Gasteiger charge is -2.32. The number of carbonyl (C=O) groups is 2. The second kappa shape index (κ2) is 7.24. The van der Waals surface area contributed by atoms with E-state index in [1.54, 1.807) is 0 Å². The zero-order valence-corrected chi connectivity index (χ0v) is 11.2. The highest BCUT2D eigenvalue weighted by Gasteiger charge is 2.26. The third-order valence-corrected chi connectivity index (χ3v) is 3.67. The van der Waals surface area contributed by atoms with Crippen LogP contribution in [0.5, 0.6) is 0 Å². The maximum Gasteiger partial charge on any atom is 0.326 e. The molecule has 1 saturated carbocycles. The lowest BCUT2D eigenvalue weighted by Crippen LogP contribution is -2.50. The smallest absolute Gasteiger partial charge is 0.326 e. The van der Waals surface area contributed by atoms with E-state index in [0.717, 1.165) is 25.7 Å². The van der Waals surface area contributed by atoms with Crippen molar-refractivity contribution in [3.05, 3.63) is 0 Å². The van der Waals surface area contributed by atoms with Gasteiger partial charge in [-0.05, 0) is 32.1 Å². The molecule has 0 heterocycles. The Morgan fingerprint density at radius 2 is 2.00 bits per heavy atom. The molecule has 0 aliphatic heterocycles. The van der Waals surface area contributed by atoms with Crippen LogP contribution in [0.15, 0.2) is 0 Å². The quantitative estimate of drug-likeness (QED) is 0.653. The van der Waals surface area contributed by atoms with Gasteiger partial charge in [0.05, 0.1) is 0 Å². The van der Waals surface area contributed by atoms with E-state index in [-0.39, 0.29) is 12.1 Å². The highest BCUT2D eigenvalue weighted by Crippen LogP contribution is 2.29. The van der Waals surface area contributed by atoms with Crippen molar-refractivity contribution in [1.82, 2.24) is 10.6 Å². The Morgan fingerprint density at radius 1 is 1.33 bits per heavy atom. The highest BCUT2D eigenvalue weighted by atomic mass is 16.4. The molecule has 0 radical (unpaired) electrons. The van der Waals surface area contributed by atoms with Crippen LogP contribution in [0.4, 0.5) is 4.79 Å². The molecule has 0 spiro atoms. The van der Waals surface area contributed by atoms with Crippen molar-refractivity contribution < 1.29 is 14.7 Å². The van der Waals surface area contributed by atoms with Gasteiger partial charge in [-0.15, -0.1) is 0 Å². The molecule has 104 valence electrons. The zero-order chi connectivity index (χ0) is 13.5. The summed E-state index contributed by atoms with van der Waals surface area (Å²) in [6.45, 7) is 3.98. The first kappa shape index (κ1) is 14.8. The molecule has 1 fully saturated rings. The summed E-state index contributed by atoms with van der Waals surface area (Å²) in [5.41, 5.74) is 0. The van der Waals surface area contributed by atoms with Gasteiger partial charge in [0.2, 0.25) is 0 Å². The van der Waals surface area contributed by atoms with Crippen LogP contribution in [0.25, 0.3) is 0 Å². The van der Waals surface area contributed by atoms with Gasteiger partial charge in [-0.3, -0.25) is 0 Å². The van der Waals surface area contributed by atoms with Gasteiger partial charge in [0.25, 0.3) is 0 Å². The van der Waals surface area contributed by atoms with Gasteiger partial charge in [-0.2, -0.15) is 0 Å². The monoisotopic (exact) mass is 256 g/mol. The molecule has 1 unspecified atom stereocenters. The largest absolute Gasteiger partial charge is 0.480 e. The Bertz CT molecular complexity index is 290. The topological polar surface area (TPSA) is 78.4 Å². The van der Waals surface area contributed by atoms with E-state index in [0.29, 0.717) is 12.3 Å². The molecular weight excluding hydrogens is 232 g/mol. The minimum absolute atomic E-state index is 0.124. The molecule has 1 rings (SSSR count). The summed E-state index contributed by atoms with van der Waals surface area (Å²) in [4.78, 5) is 22.7. The van der Waals surface area contributed by atoms with Gasteiger partial charge in [-0.1, -0.05) is 26.2 Å². The van der Waals surface area contributed by atoms with E-state index in [9.17, 15) is 9.59 Å². The third-order valence-electron chi connectivity index (χ3n) is 3.67. The molecule has 1 aliphatic rings. The summed E-state index contributed by atoms with van der Waals surface area (Å²) in [6.07, 6.45) is 5.74. The number of aliphatic carboxylic acids is 1. The fraction of sp³-hybridized carbons (Fsp3) is 0.846. The summed E-state index contributed by atoms with van der Waals surface area (Å²) in [5.74, 6) is -0.412. The lowest BCUT2D eigenvalue weighted by atomic mass is 9.80. The number of unbranched alkanes of at least 4 members (excludes halogenated alkanes) is 1. The molecular formula is C13H24N2O3. The van der Waals surface area contributed by atoms with Crippen molar-refractivity contribution in [2.75, 3.05) is 0 Å². The summed E-state index contributed by atoms with van der Waals surface area (Å²) < 4.78 is 0. The summed E-state index contributed by atoms with van der Waals surface area (Å²) >= 11 is 0. The van der Waals surface area contributed by atoms with E-state index in [4.69, 9.17) is 5.11 Å². The van der Waals surface area contributed by atoms with Gasteiger partial charge in [0, 0.05) is 6.04 Å². The maximum atomic E-state index is 11.7. The Labute approximate surface area is 108 Å². The SMILES string of the molecule is CCCC[C@H](NC(=O)NC(C)C1CCC1)C(=O)O. The van der Waals surface area contributed by atoms with Crippen molar-refractivity contribution in [3.8, 4) is 0 Å². The normalized spacial score (nSPS) is 18.6. The molecule has 18 heavy (non-hydrogen) atoms. The lowest BCUT2D eigenvalue weighted by molar-refractivity contribution is -0.139. The molecule has 0 aromatic heterocycles. The molecule has 2 atom stereocenters. The van der Waals surface area contributed by atoms with E-state index in [2.05, 4.69) is 10.6 Å². The highest BCUT2D eigenvalue weighted by molar-refractivity contribution is 5.82. The third kappa shape index (κ3) is 4.55. The van der Waals surface area contributed by atoms with Crippen LogP contribution in [-0.4, -0.2) is 29.2 Å². The number of amides is 2. The first-order valence-electron chi connectivity index (χ1n) is 6.84. The Kier molecular flexibility index (Phi) is 5.95. The van der Waals surface area contributed by atoms with Crippen molar-refractivity contribution >= 4 is 12.0 Å². The van der Waals surface area contributed by atoms with Crippen molar-refractivity contribution in [3.63, 3.8) is 0 Å². The van der Waals surface area contributed by atoms with E-state index >= 15 is 0 Å². The van der Waals surface area contributed by atoms with Gasteiger partial charge in [-0.25, -0.2) is 9.59 Å². The maximum absolute atomic E-state index is 11.7. The number of hydrogen-bond donors (Lipinski definition) is 3. The number of carboxylic acids is 1. The number of nitrogens with one attached hydrogen (secondary N) is 2. The molecule has 0 saturated heterocycles.